The Kier molecular flexibility index (Phi) is 5.59. The summed E-state index contributed by atoms with van der Waals surface area (Å²) in [7, 11) is -1.99. The average Bonchev–Trinajstić information content (AvgIpc) is 3.01. The number of benzene rings is 2. The second kappa shape index (κ2) is 7.91. The fraction of sp³-hybridized carbons (Fsp3) is 0.118. The normalized spacial score (nSPS) is 11.3. The number of carbonyl (C=O) groups excluding carboxylic acids is 1. The molecule has 2 aromatic carbocycles. The molecule has 0 saturated carbocycles. The molecule has 0 unspecified atom stereocenters. The number of nitrogens with zero attached hydrogens (tertiary/aromatic N) is 3. The maximum Gasteiger partial charge on any atom is 0.238 e. The van der Waals surface area contributed by atoms with Crippen LogP contribution in [0.3, 0.4) is 0 Å². The van der Waals surface area contributed by atoms with Gasteiger partial charge in [0.1, 0.15) is 0 Å². The van der Waals surface area contributed by atoms with Crippen LogP contribution >= 0.6 is 11.8 Å². The van der Waals surface area contributed by atoms with Crippen molar-refractivity contribution in [3.05, 3.63) is 54.6 Å². The van der Waals surface area contributed by atoms with Crippen molar-refractivity contribution >= 4 is 33.4 Å². The number of hydrogen-bond acceptors (Lipinski definition) is 6. The van der Waals surface area contributed by atoms with Crippen molar-refractivity contribution in [2.45, 2.75) is 10.1 Å². The van der Waals surface area contributed by atoms with Gasteiger partial charge in [-0.25, -0.2) is 13.6 Å². The van der Waals surface area contributed by atoms with Crippen LogP contribution in [0.1, 0.15) is 0 Å². The zero-order valence-corrected chi connectivity index (χ0v) is 16.0. The number of aromatic nitrogens is 3. The smallest absolute Gasteiger partial charge is 0.238 e. The molecule has 27 heavy (non-hydrogen) atoms. The standard InChI is InChI=1S/C17H17N5O3S2/c1-22-16(12-6-3-2-4-7-12)20-21-17(22)26-11-15(23)19-13-8-5-9-14(10-13)27(18,24)25/h2-10H,11H2,1H3,(H,19,23)(H2,18,24,25). The highest BCUT2D eigenvalue weighted by atomic mass is 32.2. The lowest BCUT2D eigenvalue weighted by Crippen LogP contribution is -2.16. The summed E-state index contributed by atoms with van der Waals surface area (Å²) in [6, 6.07) is 15.4. The first-order valence-corrected chi connectivity index (χ1v) is 10.4. The molecule has 3 rings (SSSR count). The average molecular weight is 403 g/mol. The van der Waals surface area contributed by atoms with E-state index in [9.17, 15) is 13.2 Å². The van der Waals surface area contributed by atoms with Crippen molar-refractivity contribution < 1.29 is 13.2 Å². The molecular formula is C17H17N5O3S2. The van der Waals surface area contributed by atoms with Crippen LogP contribution in [-0.2, 0) is 21.9 Å². The van der Waals surface area contributed by atoms with Crippen LogP contribution in [0.15, 0.2) is 64.6 Å². The van der Waals surface area contributed by atoms with E-state index in [4.69, 9.17) is 5.14 Å². The van der Waals surface area contributed by atoms with E-state index in [1.165, 1.54) is 30.0 Å². The van der Waals surface area contributed by atoms with E-state index in [0.717, 1.165) is 5.56 Å². The molecule has 0 fully saturated rings. The van der Waals surface area contributed by atoms with Crippen molar-refractivity contribution in [3.8, 4) is 11.4 Å². The molecule has 0 aliphatic heterocycles. The van der Waals surface area contributed by atoms with Crippen LogP contribution in [0.25, 0.3) is 11.4 Å². The number of sulfonamides is 1. The highest BCUT2D eigenvalue weighted by molar-refractivity contribution is 7.99. The zero-order valence-electron chi connectivity index (χ0n) is 14.4. The third kappa shape index (κ3) is 4.73. The molecule has 0 saturated heterocycles. The van der Waals surface area contributed by atoms with E-state index in [1.807, 2.05) is 41.9 Å². The molecule has 0 aliphatic carbocycles. The van der Waals surface area contributed by atoms with Crippen LogP contribution in [0, 0.1) is 0 Å². The second-order valence-corrected chi connectivity index (χ2v) is 8.14. The van der Waals surface area contributed by atoms with Crippen LogP contribution in [-0.4, -0.2) is 34.8 Å². The number of primary sulfonamides is 1. The van der Waals surface area contributed by atoms with Gasteiger partial charge in [-0.05, 0) is 18.2 Å². The van der Waals surface area contributed by atoms with Gasteiger partial charge in [-0.15, -0.1) is 10.2 Å². The monoisotopic (exact) mass is 403 g/mol. The number of amides is 1. The van der Waals surface area contributed by atoms with Gasteiger partial charge in [-0.3, -0.25) is 4.79 Å². The Morgan fingerprint density at radius 1 is 1.15 bits per heavy atom. The lowest BCUT2D eigenvalue weighted by molar-refractivity contribution is -0.113. The minimum atomic E-state index is -3.82. The van der Waals surface area contributed by atoms with E-state index in [1.54, 1.807) is 6.07 Å². The van der Waals surface area contributed by atoms with E-state index < -0.39 is 10.0 Å². The molecule has 3 aromatic rings. The molecule has 0 radical (unpaired) electrons. The molecule has 3 N–H and O–H groups in total. The SMILES string of the molecule is Cn1c(SCC(=O)Nc2cccc(S(N)(=O)=O)c2)nnc1-c1ccccc1. The van der Waals surface area contributed by atoms with Crippen LogP contribution in [0.4, 0.5) is 5.69 Å². The van der Waals surface area contributed by atoms with Crippen LogP contribution < -0.4 is 10.5 Å². The topological polar surface area (TPSA) is 120 Å². The fourth-order valence-electron chi connectivity index (χ4n) is 2.36. The summed E-state index contributed by atoms with van der Waals surface area (Å²) in [5, 5.41) is 16.6. The highest BCUT2D eigenvalue weighted by Crippen LogP contribution is 2.22. The minimum absolute atomic E-state index is 0.0613. The molecule has 0 spiro atoms. The summed E-state index contributed by atoms with van der Waals surface area (Å²) in [6.45, 7) is 0. The van der Waals surface area contributed by atoms with Crippen molar-refractivity contribution in [2.24, 2.45) is 12.2 Å². The van der Waals surface area contributed by atoms with Gasteiger partial charge in [0, 0.05) is 18.3 Å². The first-order valence-electron chi connectivity index (χ1n) is 7.85. The van der Waals surface area contributed by atoms with Crippen molar-refractivity contribution in [3.63, 3.8) is 0 Å². The summed E-state index contributed by atoms with van der Waals surface area (Å²) in [6.07, 6.45) is 0. The first-order chi connectivity index (χ1) is 12.8. The summed E-state index contributed by atoms with van der Waals surface area (Å²) < 4.78 is 24.6. The van der Waals surface area contributed by atoms with Crippen LogP contribution in [0.5, 0.6) is 0 Å². The summed E-state index contributed by atoms with van der Waals surface area (Å²) >= 11 is 1.23. The van der Waals surface area contributed by atoms with Gasteiger partial charge in [0.25, 0.3) is 0 Å². The molecule has 1 aromatic heterocycles. The van der Waals surface area contributed by atoms with Crippen molar-refractivity contribution in [1.82, 2.24) is 14.8 Å². The molecule has 1 heterocycles. The van der Waals surface area contributed by atoms with E-state index in [2.05, 4.69) is 15.5 Å². The number of carbonyl (C=O) groups is 1. The molecule has 140 valence electrons. The largest absolute Gasteiger partial charge is 0.325 e. The Morgan fingerprint density at radius 3 is 2.59 bits per heavy atom. The number of nitrogens with one attached hydrogen (secondary N) is 1. The van der Waals surface area contributed by atoms with Gasteiger partial charge < -0.3 is 9.88 Å². The van der Waals surface area contributed by atoms with E-state index in [0.29, 0.717) is 16.7 Å². The van der Waals surface area contributed by atoms with Gasteiger partial charge >= 0.3 is 0 Å². The molecule has 0 bridgehead atoms. The van der Waals surface area contributed by atoms with Gasteiger partial charge in [-0.1, -0.05) is 48.2 Å². The second-order valence-electron chi connectivity index (χ2n) is 5.64. The molecular weight excluding hydrogens is 386 g/mol. The van der Waals surface area contributed by atoms with Gasteiger partial charge in [0.2, 0.25) is 15.9 Å². The predicted molar refractivity (Wildman–Crippen MR) is 104 cm³/mol. The van der Waals surface area contributed by atoms with Crippen molar-refractivity contribution in [1.29, 1.82) is 0 Å². The number of thioether (sulfide) groups is 1. The van der Waals surface area contributed by atoms with E-state index >= 15 is 0 Å². The first kappa shape index (κ1) is 19.1. The third-order valence-electron chi connectivity index (χ3n) is 3.65. The Balaban J connectivity index is 1.64. The highest BCUT2D eigenvalue weighted by Gasteiger charge is 2.14. The lowest BCUT2D eigenvalue weighted by Gasteiger charge is -2.07. The van der Waals surface area contributed by atoms with Gasteiger partial charge in [0.15, 0.2) is 11.0 Å². The number of anilines is 1. The van der Waals surface area contributed by atoms with E-state index in [-0.39, 0.29) is 16.6 Å². The lowest BCUT2D eigenvalue weighted by atomic mass is 10.2. The summed E-state index contributed by atoms with van der Waals surface area (Å²) in [5.74, 6) is 0.510. The predicted octanol–water partition coefficient (Wildman–Crippen LogP) is 1.86. The molecule has 0 atom stereocenters. The number of nitrogens with two attached hydrogens (primary N) is 1. The molecule has 0 aliphatic rings. The van der Waals surface area contributed by atoms with Gasteiger partial charge in [-0.2, -0.15) is 0 Å². The Hall–Kier alpha value is -2.69. The maximum absolute atomic E-state index is 12.2. The Bertz CT molecular complexity index is 1070. The number of rotatable bonds is 6. The van der Waals surface area contributed by atoms with Crippen LogP contribution in [0.2, 0.25) is 0 Å². The number of hydrogen-bond donors (Lipinski definition) is 2. The van der Waals surface area contributed by atoms with Crippen molar-refractivity contribution in [2.75, 3.05) is 11.1 Å². The molecule has 1 amide bonds. The van der Waals surface area contributed by atoms with Gasteiger partial charge in [0.05, 0.1) is 10.6 Å². The third-order valence-corrected chi connectivity index (χ3v) is 5.58. The molecule has 10 heteroatoms. The summed E-state index contributed by atoms with van der Waals surface area (Å²) in [4.78, 5) is 12.1. The quantitative estimate of drug-likeness (QED) is 0.606. The maximum atomic E-state index is 12.2. The fourth-order valence-corrected chi connectivity index (χ4v) is 3.63. The Morgan fingerprint density at radius 2 is 1.89 bits per heavy atom. The zero-order chi connectivity index (χ0) is 19.4. The minimum Gasteiger partial charge on any atom is -0.325 e. The molecule has 8 nitrogen and oxygen atoms in total. The summed E-state index contributed by atoms with van der Waals surface area (Å²) in [5.41, 5.74) is 1.29. The Labute approximate surface area is 160 Å².